The van der Waals surface area contributed by atoms with Crippen LogP contribution in [0.25, 0.3) is 0 Å². The minimum Gasteiger partial charge on any atom is -0.480 e. The Morgan fingerprint density at radius 3 is 2.07 bits per heavy atom. The minimum absolute atomic E-state index is 0.00481. The molecular formula is C9H14F3NO2. The van der Waals surface area contributed by atoms with Gasteiger partial charge in [-0.2, -0.15) is 13.2 Å². The molecule has 3 N–H and O–H groups in total. The summed E-state index contributed by atoms with van der Waals surface area (Å²) < 4.78 is 36.8. The first kappa shape index (κ1) is 12.3. The van der Waals surface area contributed by atoms with E-state index < -0.39 is 24.1 Å². The molecular weight excluding hydrogens is 211 g/mol. The molecule has 1 fully saturated rings. The van der Waals surface area contributed by atoms with E-state index in [-0.39, 0.29) is 31.6 Å². The number of carboxylic acids is 1. The van der Waals surface area contributed by atoms with Gasteiger partial charge in [-0.3, -0.25) is 4.79 Å². The van der Waals surface area contributed by atoms with Crippen LogP contribution < -0.4 is 5.73 Å². The maximum Gasteiger partial charge on any atom is 0.391 e. The third-order valence-electron chi connectivity index (χ3n) is 3.03. The average molecular weight is 225 g/mol. The summed E-state index contributed by atoms with van der Waals surface area (Å²) >= 11 is 0. The van der Waals surface area contributed by atoms with Gasteiger partial charge in [0.15, 0.2) is 0 Å². The zero-order chi connectivity index (χ0) is 11.6. The van der Waals surface area contributed by atoms with Crippen molar-refractivity contribution in [1.82, 2.24) is 0 Å². The lowest BCUT2D eigenvalue weighted by atomic mass is 9.78. The van der Waals surface area contributed by atoms with E-state index >= 15 is 0 Å². The van der Waals surface area contributed by atoms with Crippen LogP contribution in [0.3, 0.4) is 0 Å². The van der Waals surface area contributed by atoms with Crippen molar-refractivity contribution in [2.45, 2.75) is 37.9 Å². The Labute approximate surface area is 85.4 Å². The topological polar surface area (TPSA) is 63.3 Å². The number of carbonyl (C=O) groups is 1. The van der Waals surface area contributed by atoms with Crippen molar-refractivity contribution in [2.75, 3.05) is 0 Å². The molecule has 1 unspecified atom stereocenters. The van der Waals surface area contributed by atoms with E-state index in [1.807, 2.05) is 0 Å². The largest absolute Gasteiger partial charge is 0.480 e. The first-order valence-corrected chi connectivity index (χ1v) is 4.87. The van der Waals surface area contributed by atoms with Crippen molar-refractivity contribution >= 4 is 5.97 Å². The van der Waals surface area contributed by atoms with Gasteiger partial charge in [-0.25, -0.2) is 0 Å². The number of aliphatic carboxylic acids is 1. The highest BCUT2D eigenvalue weighted by molar-refractivity contribution is 5.73. The Bertz CT molecular complexity index is 234. The van der Waals surface area contributed by atoms with Gasteiger partial charge in [0, 0.05) is 0 Å². The number of rotatable bonds is 2. The van der Waals surface area contributed by atoms with Gasteiger partial charge in [0.25, 0.3) is 0 Å². The molecule has 0 saturated heterocycles. The summed E-state index contributed by atoms with van der Waals surface area (Å²) in [7, 11) is 0. The summed E-state index contributed by atoms with van der Waals surface area (Å²) in [4.78, 5) is 10.5. The highest BCUT2D eigenvalue weighted by atomic mass is 19.4. The van der Waals surface area contributed by atoms with Crippen LogP contribution in [0.15, 0.2) is 0 Å². The van der Waals surface area contributed by atoms with Gasteiger partial charge in [0.05, 0.1) is 5.92 Å². The average Bonchev–Trinajstić information content (AvgIpc) is 2.15. The van der Waals surface area contributed by atoms with Crippen LogP contribution in [0, 0.1) is 11.8 Å². The van der Waals surface area contributed by atoms with Gasteiger partial charge in [-0.05, 0) is 31.6 Å². The molecule has 1 atom stereocenters. The molecule has 0 aromatic carbocycles. The lowest BCUT2D eigenvalue weighted by Crippen LogP contribution is -2.41. The predicted molar refractivity (Wildman–Crippen MR) is 47.1 cm³/mol. The second-order valence-electron chi connectivity index (χ2n) is 4.02. The van der Waals surface area contributed by atoms with Crippen molar-refractivity contribution in [2.24, 2.45) is 17.6 Å². The highest BCUT2D eigenvalue weighted by Gasteiger charge is 2.42. The van der Waals surface area contributed by atoms with Gasteiger partial charge >= 0.3 is 12.1 Å². The van der Waals surface area contributed by atoms with E-state index in [0.29, 0.717) is 0 Å². The van der Waals surface area contributed by atoms with Crippen LogP contribution in [0.2, 0.25) is 0 Å². The van der Waals surface area contributed by atoms with Crippen molar-refractivity contribution in [3.63, 3.8) is 0 Å². The quantitative estimate of drug-likeness (QED) is 0.752. The maximum absolute atomic E-state index is 12.3. The zero-order valence-electron chi connectivity index (χ0n) is 8.13. The molecule has 0 heterocycles. The van der Waals surface area contributed by atoms with Crippen molar-refractivity contribution < 1.29 is 23.1 Å². The van der Waals surface area contributed by atoms with Gasteiger partial charge in [0.2, 0.25) is 0 Å². The Hall–Kier alpha value is -0.780. The molecule has 0 amide bonds. The molecule has 3 nitrogen and oxygen atoms in total. The standard InChI is InChI=1S/C9H14F3NO2/c10-9(11,12)6-3-1-5(2-4-6)7(13)8(14)15/h5-7H,1-4,13H2,(H,14,15). The summed E-state index contributed by atoms with van der Waals surface area (Å²) in [5, 5.41) is 8.61. The lowest BCUT2D eigenvalue weighted by molar-refractivity contribution is -0.184. The molecule has 15 heavy (non-hydrogen) atoms. The Kier molecular flexibility index (Phi) is 3.59. The Morgan fingerprint density at radius 2 is 1.73 bits per heavy atom. The molecule has 0 aromatic rings. The summed E-state index contributed by atoms with van der Waals surface area (Å²) in [6.45, 7) is 0. The van der Waals surface area contributed by atoms with Gasteiger partial charge < -0.3 is 10.8 Å². The summed E-state index contributed by atoms with van der Waals surface area (Å²) in [5.41, 5.74) is 5.36. The first-order valence-electron chi connectivity index (χ1n) is 4.87. The fraction of sp³-hybridized carbons (Fsp3) is 0.889. The van der Waals surface area contributed by atoms with Crippen LogP contribution in [0.4, 0.5) is 13.2 Å². The molecule has 1 rings (SSSR count). The van der Waals surface area contributed by atoms with Crippen LogP contribution >= 0.6 is 0 Å². The molecule has 1 aliphatic rings. The summed E-state index contributed by atoms with van der Waals surface area (Å²) in [6.07, 6.45) is -3.67. The molecule has 1 saturated carbocycles. The van der Waals surface area contributed by atoms with Crippen molar-refractivity contribution in [1.29, 1.82) is 0 Å². The summed E-state index contributed by atoms with van der Waals surface area (Å²) in [5.74, 6) is -2.73. The van der Waals surface area contributed by atoms with E-state index in [0.717, 1.165) is 0 Å². The van der Waals surface area contributed by atoms with E-state index in [4.69, 9.17) is 10.8 Å². The van der Waals surface area contributed by atoms with E-state index in [1.165, 1.54) is 0 Å². The third-order valence-corrected chi connectivity index (χ3v) is 3.03. The minimum atomic E-state index is -4.15. The molecule has 0 aliphatic heterocycles. The van der Waals surface area contributed by atoms with Crippen LogP contribution in [-0.4, -0.2) is 23.3 Å². The number of hydrogen-bond donors (Lipinski definition) is 2. The van der Waals surface area contributed by atoms with Gasteiger partial charge in [0.1, 0.15) is 6.04 Å². The summed E-state index contributed by atoms with van der Waals surface area (Å²) in [6, 6.07) is -1.03. The SMILES string of the molecule is NC(C(=O)O)C1CCC(C(F)(F)F)CC1. The number of halogens is 3. The molecule has 6 heteroatoms. The monoisotopic (exact) mass is 225 g/mol. The molecule has 0 radical (unpaired) electrons. The molecule has 0 bridgehead atoms. The van der Waals surface area contributed by atoms with Crippen LogP contribution in [0.5, 0.6) is 0 Å². The third kappa shape index (κ3) is 3.09. The zero-order valence-corrected chi connectivity index (χ0v) is 8.13. The second kappa shape index (κ2) is 4.38. The predicted octanol–water partition coefficient (Wildman–Crippen LogP) is 1.77. The van der Waals surface area contributed by atoms with E-state index in [1.54, 1.807) is 0 Å². The van der Waals surface area contributed by atoms with Gasteiger partial charge in [-0.15, -0.1) is 0 Å². The molecule has 0 spiro atoms. The fourth-order valence-corrected chi connectivity index (χ4v) is 2.01. The number of alkyl halides is 3. The molecule has 0 aromatic heterocycles. The van der Waals surface area contributed by atoms with Gasteiger partial charge in [-0.1, -0.05) is 0 Å². The smallest absolute Gasteiger partial charge is 0.391 e. The maximum atomic E-state index is 12.3. The Balaban J connectivity index is 2.46. The van der Waals surface area contributed by atoms with Crippen LogP contribution in [0.1, 0.15) is 25.7 Å². The number of hydrogen-bond acceptors (Lipinski definition) is 2. The highest BCUT2D eigenvalue weighted by Crippen LogP contribution is 2.40. The van der Waals surface area contributed by atoms with Crippen LogP contribution in [-0.2, 0) is 4.79 Å². The number of nitrogens with two attached hydrogens (primary N) is 1. The van der Waals surface area contributed by atoms with E-state index in [9.17, 15) is 18.0 Å². The fourth-order valence-electron chi connectivity index (χ4n) is 2.01. The lowest BCUT2D eigenvalue weighted by Gasteiger charge is -2.31. The normalized spacial score (nSPS) is 29.9. The first-order chi connectivity index (χ1) is 6.82. The van der Waals surface area contributed by atoms with Crippen molar-refractivity contribution in [3.05, 3.63) is 0 Å². The second-order valence-corrected chi connectivity index (χ2v) is 4.02. The Morgan fingerprint density at radius 1 is 1.27 bits per heavy atom. The van der Waals surface area contributed by atoms with E-state index in [2.05, 4.69) is 0 Å². The molecule has 1 aliphatic carbocycles. The number of carboxylic acid groups (broad SMARTS) is 1. The van der Waals surface area contributed by atoms with Crippen molar-refractivity contribution in [3.8, 4) is 0 Å². The molecule has 88 valence electrons.